The number of carbonyl (C=O) groups excluding carboxylic acids is 3. The van der Waals surface area contributed by atoms with E-state index in [1.807, 2.05) is 6.08 Å². The van der Waals surface area contributed by atoms with Crippen LogP contribution < -0.4 is 0 Å². The molecule has 4 aliphatic heterocycles. The first-order valence-corrected chi connectivity index (χ1v) is 10.7. The van der Waals surface area contributed by atoms with Crippen LogP contribution in [0.3, 0.4) is 0 Å². The Morgan fingerprint density at radius 1 is 1.20 bits per heavy atom. The first-order valence-electron chi connectivity index (χ1n) is 10.7. The summed E-state index contributed by atoms with van der Waals surface area (Å²) in [5, 5.41) is 9.83. The number of rotatable bonds is 5. The number of unbranched alkanes of at least 4 members (excludes halogenated alkanes) is 1. The molecule has 0 radical (unpaired) electrons. The van der Waals surface area contributed by atoms with Gasteiger partial charge in [0.25, 0.3) is 0 Å². The molecule has 2 amide bonds. The summed E-state index contributed by atoms with van der Waals surface area (Å²) < 4.78 is 11.9. The van der Waals surface area contributed by atoms with E-state index >= 15 is 0 Å². The van der Waals surface area contributed by atoms with Crippen LogP contribution in [0, 0.1) is 11.8 Å². The molecule has 4 rings (SSSR count). The van der Waals surface area contributed by atoms with E-state index in [0.717, 1.165) is 12.8 Å². The molecule has 0 bridgehead atoms. The summed E-state index contributed by atoms with van der Waals surface area (Å²) in [7, 11) is 0. The predicted octanol–water partition coefficient (Wildman–Crippen LogP) is 0.650. The van der Waals surface area contributed by atoms with Crippen molar-refractivity contribution < 1.29 is 29.0 Å². The van der Waals surface area contributed by atoms with E-state index < -0.39 is 41.1 Å². The van der Waals surface area contributed by atoms with Crippen molar-refractivity contribution in [2.45, 2.75) is 56.9 Å². The van der Waals surface area contributed by atoms with Gasteiger partial charge in [0.1, 0.15) is 24.2 Å². The molecule has 0 aromatic rings. The fourth-order valence-electron chi connectivity index (χ4n) is 5.45. The van der Waals surface area contributed by atoms with Gasteiger partial charge in [0.2, 0.25) is 11.8 Å². The molecule has 2 fully saturated rings. The van der Waals surface area contributed by atoms with Crippen LogP contribution in [0.15, 0.2) is 24.3 Å². The molecular weight excluding hydrogens is 388 g/mol. The highest BCUT2D eigenvalue weighted by Crippen LogP contribution is 2.57. The van der Waals surface area contributed by atoms with Crippen molar-refractivity contribution in [3.63, 3.8) is 0 Å². The van der Waals surface area contributed by atoms with Crippen molar-refractivity contribution in [3.8, 4) is 0 Å². The molecule has 4 heterocycles. The van der Waals surface area contributed by atoms with E-state index in [9.17, 15) is 19.5 Å². The Kier molecular flexibility index (Phi) is 5.26. The Labute approximate surface area is 176 Å². The number of nitrogens with zero attached hydrogens (tertiary/aromatic N) is 2. The molecule has 4 aliphatic rings. The normalized spacial score (nSPS) is 38.7. The molecule has 1 unspecified atom stereocenters. The second-order valence-corrected chi connectivity index (χ2v) is 8.85. The first kappa shape index (κ1) is 21.1. The van der Waals surface area contributed by atoms with Crippen molar-refractivity contribution in [1.29, 1.82) is 0 Å². The van der Waals surface area contributed by atoms with Gasteiger partial charge < -0.3 is 24.4 Å². The van der Waals surface area contributed by atoms with Crippen LogP contribution >= 0.6 is 0 Å². The van der Waals surface area contributed by atoms with Gasteiger partial charge in [-0.1, -0.05) is 31.6 Å². The molecule has 0 saturated carbocycles. The molecule has 164 valence electrons. The van der Waals surface area contributed by atoms with E-state index in [1.54, 1.807) is 37.0 Å². The third-order valence-electron chi connectivity index (χ3n) is 6.85. The lowest BCUT2D eigenvalue weighted by Gasteiger charge is -2.39. The van der Waals surface area contributed by atoms with Gasteiger partial charge in [-0.2, -0.15) is 0 Å². The molecule has 2 saturated heterocycles. The van der Waals surface area contributed by atoms with E-state index in [-0.39, 0.29) is 25.0 Å². The number of hydrogen-bond acceptors (Lipinski definition) is 6. The monoisotopic (exact) mass is 418 g/mol. The quantitative estimate of drug-likeness (QED) is 0.520. The number of fused-ring (bicyclic) bond motifs is 2. The minimum absolute atomic E-state index is 0.127. The Balaban J connectivity index is 1.85. The summed E-state index contributed by atoms with van der Waals surface area (Å²) in [5.41, 5.74) is -2.33. The number of cyclic esters (lactones) is 1. The highest BCUT2D eigenvalue weighted by atomic mass is 16.6. The van der Waals surface area contributed by atoms with Crippen LogP contribution in [-0.4, -0.2) is 82.3 Å². The average Bonchev–Trinajstić information content (AvgIpc) is 2.99. The third-order valence-corrected chi connectivity index (χ3v) is 6.85. The maximum atomic E-state index is 13.7. The van der Waals surface area contributed by atoms with Crippen molar-refractivity contribution in [2.24, 2.45) is 11.8 Å². The molecule has 0 aliphatic carbocycles. The maximum absolute atomic E-state index is 13.7. The zero-order chi connectivity index (χ0) is 21.7. The minimum Gasteiger partial charge on any atom is -0.461 e. The van der Waals surface area contributed by atoms with Crippen LogP contribution in [0.2, 0.25) is 0 Å². The summed E-state index contributed by atoms with van der Waals surface area (Å²) in [6.07, 6.45) is 8.95. The zero-order valence-corrected chi connectivity index (χ0v) is 17.7. The molecule has 30 heavy (non-hydrogen) atoms. The number of aliphatic hydroxyl groups is 1. The Morgan fingerprint density at radius 2 is 1.97 bits per heavy atom. The number of amides is 2. The number of likely N-dealkylation sites (tertiary alicyclic amines) is 1. The fourth-order valence-corrected chi connectivity index (χ4v) is 5.45. The summed E-state index contributed by atoms with van der Waals surface area (Å²) in [4.78, 5) is 43.5. The highest BCUT2D eigenvalue weighted by molar-refractivity contribution is 5.99. The lowest BCUT2D eigenvalue weighted by Crippen LogP contribution is -2.58. The van der Waals surface area contributed by atoms with Gasteiger partial charge in [0.15, 0.2) is 0 Å². The van der Waals surface area contributed by atoms with Crippen LogP contribution in [0.4, 0.5) is 0 Å². The Hall–Kier alpha value is -2.19. The largest absolute Gasteiger partial charge is 0.461 e. The maximum Gasteiger partial charge on any atom is 0.313 e. The summed E-state index contributed by atoms with van der Waals surface area (Å²) in [6.45, 7) is 6.37. The van der Waals surface area contributed by atoms with E-state index in [1.165, 1.54) is 4.90 Å². The molecule has 0 aromatic heterocycles. The van der Waals surface area contributed by atoms with Gasteiger partial charge in [-0.05, 0) is 26.3 Å². The zero-order valence-electron chi connectivity index (χ0n) is 17.7. The minimum atomic E-state index is -1.28. The smallest absolute Gasteiger partial charge is 0.313 e. The van der Waals surface area contributed by atoms with Gasteiger partial charge in [-0.3, -0.25) is 14.4 Å². The summed E-state index contributed by atoms with van der Waals surface area (Å²) in [6, 6.07) is -1.52. The van der Waals surface area contributed by atoms with Crippen molar-refractivity contribution in [1.82, 2.24) is 9.80 Å². The predicted molar refractivity (Wildman–Crippen MR) is 107 cm³/mol. The van der Waals surface area contributed by atoms with Gasteiger partial charge in [-0.15, -0.1) is 0 Å². The van der Waals surface area contributed by atoms with E-state index in [2.05, 4.69) is 6.92 Å². The van der Waals surface area contributed by atoms with Gasteiger partial charge in [-0.25, -0.2) is 0 Å². The summed E-state index contributed by atoms with van der Waals surface area (Å²) in [5.74, 6) is -2.80. The number of ether oxygens (including phenoxy) is 2. The highest BCUT2D eigenvalue weighted by Gasteiger charge is 2.75. The molecule has 8 heteroatoms. The molecule has 0 aromatic carbocycles. The summed E-state index contributed by atoms with van der Waals surface area (Å²) >= 11 is 0. The molecule has 8 nitrogen and oxygen atoms in total. The van der Waals surface area contributed by atoms with Crippen molar-refractivity contribution in [3.05, 3.63) is 24.3 Å². The average molecular weight is 418 g/mol. The van der Waals surface area contributed by atoms with Crippen molar-refractivity contribution >= 4 is 17.8 Å². The second-order valence-electron chi connectivity index (χ2n) is 8.85. The molecule has 1 N–H and O–H groups in total. The van der Waals surface area contributed by atoms with Crippen LogP contribution in [-0.2, 0) is 23.9 Å². The van der Waals surface area contributed by atoms with Crippen molar-refractivity contribution in [2.75, 3.05) is 26.3 Å². The molecule has 1 spiro atoms. The second kappa shape index (κ2) is 7.50. The lowest BCUT2D eigenvalue weighted by atomic mass is 9.75. The van der Waals surface area contributed by atoms with Gasteiger partial charge >= 0.3 is 5.97 Å². The van der Waals surface area contributed by atoms with Crippen LogP contribution in [0.25, 0.3) is 0 Å². The molecule has 6 atom stereocenters. The first-order chi connectivity index (χ1) is 14.3. The van der Waals surface area contributed by atoms with E-state index in [4.69, 9.17) is 9.47 Å². The molecular formula is C22H30N2O6. The van der Waals surface area contributed by atoms with Gasteiger partial charge in [0.05, 0.1) is 24.2 Å². The Morgan fingerprint density at radius 3 is 2.67 bits per heavy atom. The number of carbonyl (C=O) groups is 3. The third kappa shape index (κ3) is 2.84. The number of aliphatic hydroxyl groups excluding tert-OH is 1. The van der Waals surface area contributed by atoms with Crippen LogP contribution in [0.5, 0.6) is 0 Å². The topological polar surface area (TPSA) is 96.4 Å². The Bertz CT molecular complexity index is 809. The fraction of sp³-hybridized carbons (Fsp3) is 0.682. The number of esters is 1. The standard InChI is InChI=1S/C22H30N2O6/c1-4-5-10-23-11-6-9-22-15(16-20(28)29-12-7-8-21(16,3)30-22)18(26)24(14(2)13-25)17(22)19(23)27/h6-9,14-17,25H,4-5,10-13H2,1-3H3/t14-,15+,16-,17?,21+,22+/m1/s1. The number of hydrogen-bond donors (Lipinski definition) is 1. The SMILES string of the molecule is CCCCN1CC=C[C@]23O[C@@]4(C)C=CCOC(=O)[C@H]4[C@H]2C(=O)N([C@H](C)CO)C3C1=O. The van der Waals surface area contributed by atoms with Crippen LogP contribution in [0.1, 0.15) is 33.6 Å². The lowest BCUT2D eigenvalue weighted by molar-refractivity contribution is -0.159. The van der Waals surface area contributed by atoms with E-state index in [0.29, 0.717) is 13.1 Å². The van der Waals surface area contributed by atoms with Gasteiger partial charge in [0, 0.05) is 13.1 Å².